The second kappa shape index (κ2) is 6.03. The maximum Gasteiger partial charge on any atom is 0.121 e. The number of hydrogen-bond acceptors (Lipinski definition) is 3. The van der Waals surface area contributed by atoms with Gasteiger partial charge in [-0.25, -0.2) is 0 Å². The lowest BCUT2D eigenvalue weighted by Gasteiger charge is -2.57. The summed E-state index contributed by atoms with van der Waals surface area (Å²) in [5.74, 6) is 1.94. The zero-order valence-corrected chi connectivity index (χ0v) is 18.0. The molecule has 6 atom stereocenters. The number of aliphatic hydroxyl groups is 1. The molecule has 0 aromatic carbocycles. The van der Waals surface area contributed by atoms with Crippen molar-refractivity contribution in [2.75, 3.05) is 0 Å². The van der Waals surface area contributed by atoms with Crippen molar-refractivity contribution in [2.45, 2.75) is 77.2 Å². The van der Waals surface area contributed by atoms with Crippen molar-refractivity contribution >= 4 is 12.2 Å². The molecule has 0 radical (unpaired) electrons. The summed E-state index contributed by atoms with van der Waals surface area (Å²) >= 11 is 5.49. The van der Waals surface area contributed by atoms with Crippen LogP contribution in [-0.4, -0.2) is 16.2 Å². The molecule has 28 heavy (non-hydrogen) atoms. The molecule has 1 heterocycles. The fourth-order valence-corrected chi connectivity index (χ4v) is 8.07. The topological polar surface area (TPSA) is 59.8 Å². The van der Waals surface area contributed by atoms with Gasteiger partial charge < -0.3 is 10.1 Å². The number of aromatic amines is 1. The number of aryl methyl sites for hydroxylation is 1. The molecule has 0 amide bonds. The summed E-state index contributed by atoms with van der Waals surface area (Å²) in [6, 6.07) is 2.40. The molecule has 4 aliphatic carbocycles. The highest BCUT2D eigenvalue weighted by molar-refractivity contribution is 7.71. The Morgan fingerprint density at radius 1 is 1.18 bits per heavy atom. The molecule has 5 rings (SSSR count). The maximum absolute atomic E-state index is 10.2. The van der Waals surface area contributed by atoms with Gasteiger partial charge in [-0.05, 0) is 91.6 Å². The predicted octanol–water partition coefficient (Wildman–Crippen LogP) is 5.26. The molecule has 0 bridgehead atoms. The van der Waals surface area contributed by atoms with Gasteiger partial charge in [0.1, 0.15) is 10.7 Å². The summed E-state index contributed by atoms with van der Waals surface area (Å²) in [4.78, 5) is 3.33. The van der Waals surface area contributed by atoms with E-state index in [0.29, 0.717) is 28.0 Å². The number of nitrogens with zero attached hydrogens (tertiary/aromatic N) is 1. The van der Waals surface area contributed by atoms with E-state index in [9.17, 15) is 10.4 Å². The van der Waals surface area contributed by atoms with Gasteiger partial charge in [-0.3, -0.25) is 0 Å². The molecule has 2 saturated carbocycles. The fourth-order valence-electron chi connectivity index (χ4n) is 7.75. The first-order valence-corrected chi connectivity index (χ1v) is 11.2. The molecular formula is C24H30N2OS. The Bertz CT molecular complexity index is 986. The minimum Gasteiger partial charge on any atom is -0.393 e. The van der Waals surface area contributed by atoms with Crippen LogP contribution >= 0.6 is 12.2 Å². The van der Waals surface area contributed by atoms with Crippen molar-refractivity contribution in [1.82, 2.24) is 4.98 Å². The number of pyridine rings is 1. The molecule has 2 N–H and O–H groups in total. The van der Waals surface area contributed by atoms with Gasteiger partial charge in [-0.1, -0.05) is 37.7 Å². The highest BCUT2D eigenvalue weighted by Gasteiger charge is 2.58. The average Bonchev–Trinajstić information content (AvgIpc) is 2.96. The van der Waals surface area contributed by atoms with Crippen molar-refractivity contribution in [3.05, 3.63) is 38.7 Å². The second-order valence-electron chi connectivity index (χ2n) is 10.2. The number of fused-ring (bicyclic) bond motifs is 7. The molecule has 4 heteroatoms. The van der Waals surface area contributed by atoms with Gasteiger partial charge in [0.05, 0.1) is 11.7 Å². The van der Waals surface area contributed by atoms with E-state index in [1.807, 2.05) is 0 Å². The van der Waals surface area contributed by atoms with Crippen molar-refractivity contribution in [3.8, 4) is 6.07 Å². The number of allylic oxidation sites excluding steroid dienone is 1. The van der Waals surface area contributed by atoms with E-state index >= 15 is 0 Å². The highest BCUT2D eigenvalue weighted by Crippen LogP contribution is 2.64. The van der Waals surface area contributed by atoms with Crippen molar-refractivity contribution in [1.29, 1.82) is 5.26 Å². The second-order valence-corrected chi connectivity index (χ2v) is 10.6. The lowest BCUT2D eigenvalue weighted by atomic mass is 9.47. The molecule has 0 aliphatic heterocycles. The predicted molar refractivity (Wildman–Crippen MR) is 113 cm³/mol. The lowest BCUT2D eigenvalue weighted by molar-refractivity contribution is -0.0164. The molecule has 1 aromatic rings. The molecule has 0 spiro atoms. The summed E-state index contributed by atoms with van der Waals surface area (Å²) in [5, 5.41) is 20.0. The van der Waals surface area contributed by atoms with Crippen molar-refractivity contribution in [2.24, 2.45) is 23.2 Å². The Labute approximate surface area is 172 Å². The Hall–Kier alpha value is -1.44. The van der Waals surface area contributed by atoms with Gasteiger partial charge in [-0.15, -0.1) is 0 Å². The van der Waals surface area contributed by atoms with Crippen LogP contribution in [0.3, 0.4) is 0 Å². The Morgan fingerprint density at radius 3 is 2.68 bits per heavy atom. The van der Waals surface area contributed by atoms with E-state index in [1.165, 1.54) is 35.2 Å². The SMILES string of the molecule is Cc1[nH]c(=S)c(C#N)c2c1[C@]1(C)CC[C@@H]3[C@H](CC=C4C[C@H](O)CC[C@]43C)[C@H]1C2. The first-order valence-electron chi connectivity index (χ1n) is 10.8. The number of nitriles is 1. The zero-order valence-electron chi connectivity index (χ0n) is 17.1. The molecule has 3 nitrogen and oxygen atoms in total. The quantitative estimate of drug-likeness (QED) is 0.466. The molecule has 0 unspecified atom stereocenters. The Balaban J connectivity index is 1.60. The normalized spacial score (nSPS) is 41.2. The van der Waals surface area contributed by atoms with E-state index in [4.69, 9.17) is 12.2 Å². The van der Waals surface area contributed by atoms with Crippen molar-refractivity contribution < 1.29 is 5.11 Å². The van der Waals surface area contributed by atoms with Crippen molar-refractivity contribution in [3.63, 3.8) is 0 Å². The minimum atomic E-state index is -0.151. The van der Waals surface area contributed by atoms with Crippen LogP contribution in [0.5, 0.6) is 0 Å². The third-order valence-electron chi connectivity index (χ3n) is 9.08. The summed E-state index contributed by atoms with van der Waals surface area (Å²) in [7, 11) is 0. The molecule has 0 saturated heterocycles. The average molecular weight is 395 g/mol. The summed E-state index contributed by atoms with van der Waals surface area (Å²) in [5.41, 5.74) is 6.41. The van der Waals surface area contributed by atoms with Gasteiger partial charge in [0, 0.05) is 5.69 Å². The van der Waals surface area contributed by atoms with Gasteiger partial charge in [-0.2, -0.15) is 5.26 Å². The van der Waals surface area contributed by atoms with Gasteiger partial charge in [0.2, 0.25) is 0 Å². The van der Waals surface area contributed by atoms with Crippen LogP contribution in [0.25, 0.3) is 0 Å². The van der Waals surface area contributed by atoms with Gasteiger partial charge in [0.25, 0.3) is 0 Å². The van der Waals surface area contributed by atoms with E-state index in [2.05, 4.69) is 37.9 Å². The van der Waals surface area contributed by atoms with E-state index in [1.54, 1.807) is 0 Å². The highest BCUT2D eigenvalue weighted by atomic mass is 32.1. The lowest BCUT2D eigenvalue weighted by Crippen LogP contribution is -2.51. The number of nitrogens with one attached hydrogen (secondary N) is 1. The van der Waals surface area contributed by atoms with Crippen LogP contribution in [0.4, 0.5) is 0 Å². The first kappa shape index (κ1) is 18.6. The zero-order chi connectivity index (χ0) is 19.8. The molecular weight excluding hydrogens is 364 g/mol. The number of hydrogen-bond donors (Lipinski definition) is 2. The van der Waals surface area contributed by atoms with E-state index in [0.717, 1.165) is 32.1 Å². The Kier molecular flexibility index (Phi) is 4.00. The molecule has 2 fully saturated rings. The van der Waals surface area contributed by atoms with Crippen LogP contribution in [0, 0.1) is 46.1 Å². The fraction of sp³-hybridized carbons (Fsp3) is 0.667. The summed E-state index contributed by atoms with van der Waals surface area (Å²) in [6.45, 7) is 7.04. The largest absolute Gasteiger partial charge is 0.393 e. The van der Waals surface area contributed by atoms with E-state index < -0.39 is 0 Å². The van der Waals surface area contributed by atoms with Crippen LogP contribution in [0.2, 0.25) is 0 Å². The number of aromatic nitrogens is 1. The van der Waals surface area contributed by atoms with Gasteiger partial charge >= 0.3 is 0 Å². The number of H-pyrrole nitrogens is 1. The van der Waals surface area contributed by atoms with Crippen LogP contribution in [0.15, 0.2) is 11.6 Å². The summed E-state index contributed by atoms with van der Waals surface area (Å²) < 4.78 is 0.608. The van der Waals surface area contributed by atoms with Crippen LogP contribution in [-0.2, 0) is 11.8 Å². The number of rotatable bonds is 0. The molecule has 1 aromatic heterocycles. The smallest absolute Gasteiger partial charge is 0.121 e. The molecule has 148 valence electrons. The number of aliphatic hydroxyl groups excluding tert-OH is 1. The maximum atomic E-state index is 10.2. The third kappa shape index (κ3) is 2.27. The van der Waals surface area contributed by atoms with Gasteiger partial charge in [0.15, 0.2) is 0 Å². The monoisotopic (exact) mass is 394 g/mol. The van der Waals surface area contributed by atoms with Crippen LogP contribution in [0.1, 0.15) is 74.8 Å². The Morgan fingerprint density at radius 2 is 1.93 bits per heavy atom. The molecule has 4 aliphatic rings. The van der Waals surface area contributed by atoms with Crippen LogP contribution < -0.4 is 0 Å². The minimum absolute atomic E-state index is 0.140. The third-order valence-corrected chi connectivity index (χ3v) is 9.39. The van der Waals surface area contributed by atoms with E-state index in [-0.39, 0.29) is 16.9 Å². The summed E-state index contributed by atoms with van der Waals surface area (Å²) in [6.07, 6.45) is 9.80. The first-order chi connectivity index (χ1) is 13.3. The standard InChI is InChI=1S/C24H30N2OS/c1-13-21-17(18(12-25)22(28)26-13)11-20-16-5-4-14-10-15(27)6-8-23(14,2)19(16)7-9-24(20,21)3/h4,15-16,19-20,27H,5-11H2,1-3H3,(H,26,28)/t15-,16+,19-,20-,23-,24-/m1/s1.